The number of hydrogen-bond donors (Lipinski definition) is 4. The minimum absolute atomic E-state index is 0.0394. The molecule has 1 heterocycles. The van der Waals surface area contributed by atoms with Gasteiger partial charge in [0.15, 0.2) is 0 Å². The number of amides is 1. The molecule has 0 spiro atoms. The van der Waals surface area contributed by atoms with Crippen molar-refractivity contribution in [2.75, 3.05) is 31.1 Å². The summed E-state index contributed by atoms with van der Waals surface area (Å²) in [6.07, 6.45) is 0. The summed E-state index contributed by atoms with van der Waals surface area (Å²) in [6, 6.07) is 13.0. The van der Waals surface area contributed by atoms with Gasteiger partial charge < -0.3 is 15.8 Å². The van der Waals surface area contributed by atoms with Crippen LogP contribution in [0.1, 0.15) is 31.9 Å². The molecule has 2 aromatic carbocycles. The van der Waals surface area contributed by atoms with Gasteiger partial charge in [-0.3, -0.25) is 25.5 Å². The Bertz CT molecular complexity index is 1000. The maximum absolute atomic E-state index is 9.93. The molecule has 0 bridgehead atoms. The lowest BCUT2D eigenvalue weighted by Crippen LogP contribution is -2.35. The summed E-state index contributed by atoms with van der Waals surface area (Å²) in [5, 5.41) is 19.6. The van der Waals surface area contributed by atoms with Crippen molar-refractivity contribution in [3.63, 3.8) is 0 Å². The summed E-state index contributed by atoms with van der Waals surface area (Å²) in [5.74, 6) is 1.22. The Labute approximate surface area is 193 Å². The first-order valence-electron chi connectivity index (χ1n) is 10.2. The quantitative estimate of drug-likeness (QED) is 0.405. The Kier molecular flexibility index (Phi) is 9.37. The van der Waals surface area contributed by atoms with Crippen LogP contribution >= 0.6 is 11.6 Å². The second-order valence-corrected chi connectivity index (χ2v) is 7.38. The first-order chi connectivity index (χ1) is 15.3. The lowest BCUT2D eigenvalue weighted by molar-refractivity contribution is -0.118. The molecule has 9 heteroatoms. The molecule has 0 aliphatic carbocycles. The summed E-state index contributed by atoms with van der Waals surface area (Å²) < 4.78 is 5.66. The van der Waals surface area contributed by atoms with E-state index in [1.54, 1.807) is 11.8 Å². The third-order valence-corrected chi connectivity index (χ3v) is 4.64. The van der Waals surface area contributed by atoms with E-state index in [9.17, 15) is 4.79 Å². The van der Waals surface area contributed by atoms with Crippen molar-refractivity contribution in [3.8, 4) is 5.75 Å². The lowest BCUT2D eigenvalue weighted by Gasteiger charge is -2.24. The van der Waals surface area contributed by atoms with E-state index in [0.29, 0.717) is 23.9 Å². The number of amidine groups is 2. The highest BCUT2D eigenvalue weighted by Gasteiger charge is 2.25. The van der Waals surface area contributed by atoms with Crippen LogP contribution in [0.15, 0.2) is 47.5 Å². The van der Waals surface area contributed by atoms with Crippen LogP contribution in [0.25, 0.3) is 0 Å². The third kappa shape index (κ3) is 6.63. The molecular weight excluding hydrogens is 428 g/mol. The standard InChI is InChI=1S/C19H20ClN5O.C4H9NO/c1-12(22)25-17-7-6-15(26-9-8-21)10-16(17)19(24-11-18(25)23)13-2-4-14(20)5-3-13;1-3-5-4(2)6/h2-7,10,22-23H,8-9,11,21H2,1H3;3H2,1-2H3,(H,5,6). The van der Waals surface area contributed by atoms with E-state index in [-0.39, 0.29) is 24.1 Å². The summed E-state index contributed by atoms with van der Waals surface area (Å²) >= 11 is 6.01. The van der Waals surface area contributed by atoms with E-state index < -0.39 is 0 Å². The average Bonchev–Trinajstić information content (AvgIpc) is 2.89. The Morgan fingerprint density at radius 1 is 1.25 bits per heavy atom. The number of aliphatic imine (C=N–C) groups is 1. The second kappa shape index (κ2) is 12.0. The summed E-state index contributed by atoms with van der Waals surface area (Å²) in [7, 11) is 0. The Balaban J connectivity index is 0.000000534. The van der Waals surface area contributed by atoms with Gasteiger partial charge in [0.2, 0.25) is 5.91 Å². The molecule has 8 nitrogen and oxygen atoms in total. The van der Waals surface area contributed by atoms with Crippen molar-refractivity contribution in [1.82, 2.24) is 5.32 Å². The van der Waals surface area contributed by atoms with Gasteiger partial charge in [-0.05, 0) is 44.2 Å². The van der Waals surface area contributed by atoms with E-state index in [2.05, 4.69) is 10.3 Å². The van der Waals surface area contributed by atoms with Crippen molar-refractivity contribution in [1.29, 1.82) is 10.8 Å². The van der Waals surface area contributed by atoms with Gasteiger partial charge in [-0.1, -0.05) is 23.7 Å². The smallest absolute Gasteiger partial charge is 0.216 e. The topological polar surface area (TPSA) is 128 Å². The number of rotatable bonds is 5. The largest absolute Gasteiger partial charge is 0.492 e. The molecule has 1 aliphatic heterocycles. The van der Waals surface area contributed by atoms with Gasteiger partial charge in [0, 0.05) is 36.2 Å². The molecule has 0 aromatic heterocycles. The Hall–Kier alpha value is -3.23. The monoisotopic (exact) mass is 456 g/mol. The minimum Gasteiger partial charge on any atom is -0.492 e. The first-order valence-corrected chi connectivity index (χ1v) is 10.6. The fourth-order valence-electron chi connectivity index (χ4n) is 3.11. The number of nitrogens with two attached hydrogens (primary N) is 1. The number of benzene rings is 2. The number of nitrogens with zero attached hydrogens (tertiary/aromatic N) is 2. The molecule has 0 fully saturated rings. The molecule has 0 atom stereocenters. The number of anilines is 1. The van der Waals surface area contributed by atoms with E-state index in [1.807, 2.05) is 49.4 Å². The fourth-order valence-corrected chi connectivity index (χ4v) is 3.23. The SMILES string of the molecule is CC(=N)N1C(=N)CN=C(c2ccc(Cl)cc2)c2cc(OCCN)ccc21.CCNC(C)=O. The van der Waals surface area contributed by atoms with Crippen LogP contribution in [-0.4, -0.2) is 49.5 Å². The van der Waals surface area contributed by atoms with Crippen molar-refractivity contribution in [2.45, 2.75) is 20.8 Å². The minimum atomic E-state index is 0.0394. The van der Waals surface area contributed by atoms with Gasteiger partial charge in [-0.25, -0.2) is 0 Å². The molecule has 2 aromatic rings. The maximum atomic E-state index is 9.93. The molecule has 1 aliphatic rings. The van der Waals surface area contributed by atoms with Gasteiger partial charge in [-0.15, -0.1) is 0 Å². The normalized spacial score (nSPS) is 12.6. The van der Waals surface area contributed by atoms with Crippen LogP contribution in [-0.2, 0) is 4.79 Å². The molecule has 32 heavy (non-hydrogen) atoms. The van der Waals surface area contributed by atoms with Crippen LogP contribution in [0.5, 0.6) is 5.75 Å². The van der Waals surface area contributed by atoms with Crippen LogP contribution < -0.4 is 20.7 Å². The number of carbonyl (C=O) groups excluding carboxylic acids is 1. The van der Waals surface area contributed by atoms with Crippen molar-refractivity contribution >= 4 is 40.6 Å². The molecule has 3 rings (SSSR count). The molecule has 0 unspecified atom stereocenters. The van der Waals surface area contributed by atoms with E-state index >= 15 is 0 Å². The predicted molar refractivity (Wildman–Crippen MR) is 131 cm³/mol. The van der Waals surface area contributed by atoms with Gasteiger partial charge in [0.1, 0.15) is 24.0 Å². The lowest BCUT2D eigenvalue weighted by atomic mass is 9.99. The molecule has 0 saturated heterocycles. The summed E-state index contributed by atoms with van der Waals surface area (Å²) in [5.41, 5.74) is 8.69. The zero-order valence-electron chi connectivity index (χ0n) is 18.5. The van der Waals surface area contributed by atoms with Crippen LogP contribution in [0, 0.1) is 10.8 Å². The first kappa shape index (κ1) is 25.0. The zero-order valence-corrected chi connectivity index (χ0v) is 19.3. The van der Waals surface area contributed by atoms with E-state index in [4.69, 9.17) is 32.9 Å². The van der Waals surface area contributed by atoms with Crippen molar-refractivity contribution in [2.24, 2.45) is 10.7 Å². The fraction of sp³-hybridized carbons (Fsp3) is 0.304. The second-order valence-electron chi connectivity index (χ2n) is 6.94. The Morgan fingerprint density at radius 3 is 2.47 bits per heavy atom. The van der Waals surface area contributed by atoms with Crippen LogP contribution in [0.2, 0.25) is 5.02 Å². The van der Waals surface area contributed by atoms with Gasteiger partial charge in [-0.2, -0.15) is 0 Å². The number of hydrogen-bond acceptors (Lipinski definition) is 6. The Morgan fingerprint density at radius 2 is 1.94 bits per heavy atom. The number of carbonyl (C=O) groups is 1. The highest BCUT2D eigenvalue weighted by atomic mass is 35.5. The molecule has 170 valence electrons. The summed E-state index contributed by atoms with van der Waals surface area (Å²) in [4.78, 5) is 16.2. The van der Waals surface area contributed by atoms with E-state index in [0.717, 1.165) is 29.1 Å². The zero-order chi connectivity index (χ0) is 23.7. The van der Waals surface area contributed by atoms with Gasteiger partial charge in [0.05, 0.1) is 17.9 Å². The maximum Gasteiger partial charge on any atom is 0.216 e. The molecule has 0 radical (unpaired) electrons. The highest BCUT2D eigenvalue weighted by Crippen LogP contribution is 2.31. The number of nitrogens with one attached hydrogen (secondary N) is 3. The summed E-state index contributed by atoms with van der Waals surface area (Å²) in [6.45, 7) is 6.80. The molecule has 5 N–H and O–H groups in total. The van der Waals surface area contributed by atoms with Gasteiger partial charge >= 0.3 is 0 Å². The van der Waals surface area contributed by atoms with E-state index in [1.165, 1.54) is 6.92 Å². The van der Waals surface area contributed by atoms with Crippen LogP contribution in [0.3, 0.4) is 0 Å². The number of fused-ring (bicyclic) bond motifs is 1. The van der Waals surface area contributed by atoms with Gasteiger partial charge in [0.25, 0.3) is 0 Å². The molecule has 1 amide bonds. The van der Waals surface area contributed by atoms with Crippen molar-refractivity contribution < 1.29 is 9.53 Å². The van der Waals surface area contributed by atoms with Crippen LogP contribution in [0.4, 0.5) is 5.69 Å². The highest BCUT2D eigenvalue weighted by molar-refractivity contribution is 6.31. The molecule has 0 saturated carbocycles. The van der Waals surface area contributed by atoms with Crippen molar-refractivity contribution in [3.05, 3.63) is 58.6 Å². The average molecular weight is 457 g/mol. The number of halogens is 1. The predicted octanol–water partition coefficient (Wildman–Crippen LogP) is 3.45. The number of benzodiazepines with no additional fused rings is 1. The third-order valence-electron chi connectivity index (χ3n) is 4.39. The number of ether oxygens (including phenoxy) is 1. The molecular formula is C23H29ClN6O2.